The lowest BCUT2D eigenvalue weighted by atomic mass is 10.1. The van der Waals surface area contributed by atoms with E-state index < -0.39 is 0 Å². The third kappa shape index (κ3) is 4.64. The number of piperazine rings is 1. The van der Waals surface area contributed by atoms with Gasteiger partial charge in [0.25, 0.3) is 5.56 Å². The molecule has 146 valence electrons. The lowest BCUT2D eigenvalue weighted by Crippen LogP contribution is -2.47. The van der Waals surface area contributed by atoms with E-state index in [4.69, 9.17) is 0 Å². The van der Waals surface area contributed by atoms with Gasteiger partial charge >= 0.3 is 0 Å². The van der Waals surface area contributed by atoms with Crippen LogP contribution in [0.1, 0.15) is 12.0 Å². The minimum atomic E-state index is -0.0451. The summed E-state index contributed by atoms with van der Waals surface area (Å²) in [6.45, 7) is 7.14. The van der Waals surface area contributed by atoms with Gasteiger partial charge < -0.3 is 9.80 Å². The van der Waals surface area contributed by atoms with Gasteiger partial charge in [0, 0.05) is 45.8 Å². The molecular formula is C22H27N5O. The van der Waals surface area contributed by atoms with Crippen LogP contribution in [-0.2, 0) is 13.0 Å². The number of hydrogen-bond donors (Lipinski definition) is 0. The molecule has 0 atom stereocenters. The molecule has 1 aromatic heterocycles. The summed E-state index contributed by atoms with van der Waals surface area (Å²) in [5.41, 5.74) is 2.03. The number of hydrogen-bond acceptors (Lipinski definition) is 5. The number of nitrogens with zero attached hydrogens (tertiary/aromatic N) is 5. The summed E-state index contributed by atoms with van der Waals surface area (Å²) in [6, 6.07) is 18.1. The molecule has 0 saturated carbocycles. The molecule has 0 N–H and O–H groups in total. The van der Waals surface area contributed by atoms with Crippen LogP contribution in [0.15, 0.2) is 59.4 Å². The molecular weight excluding hydrogens is 350 g/mol. The largest absolute Gasteiger partial charge is 0.301 e. The number of aryl methyl sites for hydroxylation is 1. The van der Waals surface area contributed by atoms with Crippen LogP contribution in [-0.4, -0.2) is 64.1 Å². The molecule has 0 bridgehead atoms. The van der Waals surface area contributed by atoms with Crippen molar-refractivity contribution in [2.75, 3.05) is 39.3 Å². The first-order valence-electron chi connectivity index (χ1n) is 10.1. The van der Waals surface area contributed by atoms with Gasteiger partial charge in [0.1, 0.15) is 5.52 Å². The Morgan fingerprint density at radius 1 is 0.786 bits per heavy atom. The van der Waals surface area contributed by atoms with E-state index in [0.29, 0.717) is 17.4 Å². The second-order valence-electron chi connectivity index (χ2n) is 7.41. The molecule has 0 amide bonds. The minimum Gasteiger partial charge on any atom is -0.301 e. The molecule has 6 heteroatoms. The Bertz CT molecular complexity index is 948. The molecule has 1 aliphatic heterocycles. The molecule has 1 aliphatic rings. The van der Waals surface area contributed by atoms with E-state index in [0.717, 1.165) is 52.1 Å². The van der Waals surface area contributed by atoms with Crippen LogP contribution >= 0.6 is 0 Å². The first-order chi connectivity index (χ1) is 13.8. The topological polar surface area (TPSA) is 54.3 Å². The molecule has 1 fully saturated rings. The molecule has 0 unspecified atom stereocenters. The van der Waals surface area contributed by atoms with E-state index in [2.05, 4.69) is 50.4 Å². The van der Waals surface area contributed by atoms with E-state index in [1.807, 2.05) is 24.3 Å². The summed E-state index contributed by atoms with van der Waals surface area (Å²) in [4.78, 5) is 17.5. The zero-order valence-electron chi connectivity index (χ0n) is 16.2. The second-order valence-corrected chi connectivity index (χ2v) is 7.41. The lowest BCUT2D eigenvalue weighted by Gasteiger charge is -2.34. The fourth-order valence-electron chi connectivity index (χ4n) is 3.78. The molecule has 6 nitrogen and oxygen atoms in total. The van der Waals surface area contributed by atoms with Crippen molar-refractivity contribution < 1.29 is 0 Å². The molecule has 0 spiro atoms. The van der Waals surface area contributed by atoms with Crippen molar-refractivity contribution in [2.24, 2.45) is 0 Å². The Hall–Kier alpha value is -2.57. The highest BCUT2D eigenvalue weighted by molar-refractivity contribution is 5.76. The smallest absolute Gasteiger partial charge is 0.277 e. The van der Waals surface area contributed by atoms with Gasteiger partial charge in [0.15, 0.2) is 0 Å². The Morgan fingerprint density at radius 3 is 2.25 bits per heavy atom. The van der Waals surface area contributed by atoms with Crippen molar-refractivity contribution in [3.05, 3.63) is 70.5 Å². The van der Waals surface area contributed by atoms with Crippen molar-refractivity contribution in [3.63, 3.8) is 0 Å². The van der Waals surface area contributed by atoms with Crippen LogP contribution < -0.4 is 5.56 Å². The summed E-state index contributed by atoms with van der Waals surface area (Å²) < 4.78 is 1.50. The first-order valence-corrected chi connectivity index (χ1v) is 10.1. The number of aromatic nitrogens is 3. The summed E-state index contributed by atoms with van der Waals surface area (Å²) in [7, 11) is 0. The molecule has 0 radical (unpaired) electrons. The summed E-state index contributed by atoms with van der Waals surface area (Å²) in [6.07, 6.45) is 2.03. The molecule has 2 aromatic carbocycles. The van der Waals surface area contributed by atoms with E-state index in [1.54, 1.807) is 0 Å². The van der Waals surface area contributed by atoms with Crippen LogP contribution in [0.25, 0.3) is 10.9 Å². The third-order valence-electron chi connectivity index (χ3n) is 5.50. The maximum atomic E-state index is 12.5. The lowest BCUT2D eigenvalue weighted by molar-refractivity contribution is 0.131. The average molecular weight is 377 g/mol. The predicted molar refractivity (Wildman–Crippen MR) is 111 cm³/mol. The monoisotopic (exact) mass is 377 g/mol. The highest BCUT2D eigenvalue weighted by Crippen LogP contribution is 2.07. The highest BCUT2D eigenvalue weighted by atomic mass is 16.1. The third-order valence-corrected chi connectivity index (χ3v) is 5.50. The van der Waals surface area contributed by atoms with Crippen molar-refractivity contribution in [1.82, 2.24) is 24.8 Å². The Labute approximate surface area is 165 Å². The van der Waals surface area contributed by atoms with Crippen LogP contribution in [0.5, 0.6) is 0 Å². The molecule has 3 aromatic rings. The van der Waals surface area contributed by atoms with Gasteiger partial charge in [-0.05, 0) is 30.5 Å². The van der Waals surface area contributed by atoms with Crippen molar-refractivity contribution in [2.45, 2.75) is 19.4 Å². The van der Waals surface area contributed by atoms with Crippen molar-refractivity contribution >= 4 is 10.9 Å². The quantitative estimate of drug-likeness (QED) is 0.631. The fraction of sp³-hybridized carbons (Fsp3) is 0.409. The summed E-state index contributed by atoms with van der Waals surface area (Å²) >= 11 is 0. The van der Waals surface area contributed by atoms with Crippen LogP contribution in [0.4, 0.5) is 0 Å². The van der Waals surface area contributed by atoms with E-state index in [-0.39, 0.29) is 5.56 Å². The Morgan fingerprint density at radius 2 is 1.46 bits per heavy atom. The molecule has 28 heavy (non-hydrogen) atoms. The number of fused-ring (bicyclic) bond motifs is 1. The normalized spacial score (nSPS) is 15.9. The molecule has 0 aliphatic carbocycles. The maximum Gasteiger partial charge on any atom is 0.277 e. The van der Waals surface area contributed by atoms with Gasteiger partial charge in [0.05, 0.1) is 5.39 Å². The van der Waals surface area contributed by atoms with Crippen LogP contribution in [0.3, 0.4) is 0 Å². The fourth-order valence-corrected chi connectivity index (χ4v) is 3.78. The SMILES string of the molecule is O=c1c2ccccc2nnn1CCCN1CCN(CCc2ccccc2)CC1. The maximum absolute atomic E-state index is 12.5. The van der Waals surface area contributed by atoms with Crippen LogP contribution in [0.2, 0.25) is 0 Å². The van der Waals surface area contributed by atoms with Crippen molar-refractivity contribution in [1.29, 1.82) is 0 Å². The van der Waals surface area contributed by atoms with Gasteiger partial charge in [-0.2, -0.15) is 0 Å². The zero-order chi connectivity index (χ0) is 19.2. The standard InChI is InChI=1S/C22H27N5O/c28-22-20-9-4-5-10-21(20)23-24-27(22)13-6-12-25-15-17-26(18-16-25)14-11-19-7-2-1-3-8-19/h1-5,7-10H,6,11-18H2. The summed E-state index contributed by atoms with van der Waals surface area (Å²) in [5, 5.41) is 8.88. The summed E-state index contributed by atoms with van der Waals surface area (Å²) in [5.74, 6) is 0. The van der Waals surface area contributed by atoms with E-state index in [1.165, 1.54) is 10.2 Å². The second kappa shape index (κ2) is 9.08. The Kier molecular flexibility index (Phi) is 6.09. The number of benzene rings is 2. The van der Waals surface area contributed by atoms with Gasteiger partial charge in [0.2, 0.25) is 0 Å². The minimum absolute atomic E-state index is 0.0451. The van der Waals surface area contributed by atoms with Crippen LogP contribution in [0, 0.1) is 0 Å². The van der Waals surface area contributed by atoms with E-state index >= 15 is 0 Å². The van der Waals surface area contributed by atoms with Gasteiger partial charge in [-0.25, -0.2) is 4.68 Å². The zero-order valence-corrected chi connectivity index (χ0v) is 16.2. The van der Waals surface area contributed by atoms with Gasteiger partial charge in [-0.15, -0.1) is 5.10 Å². The van der Waals surface area contributed by atoms with Gasteiger partial charge in [-0.1, -0.05) is 47.7 Å². The Balaban J connectivity index is 1.21. The molecule has 4 rings (SSSR count). The van der Waals surface area contributed by atoms with Gasteiger partial charge in [-0.3, -0.25) is 4.79 Å². The predicted octanol–water partition coefficient (Wildman–Crippen LogP) is 2.04. The molecule has 1 saturated heterocycles. The average Bonchev–Trinajstić information content (AvgIpc) is 2.76. The number of rotatable bonds is 7. The molecule has 2 heterocycles. The highest BCUT2D eigenvalue weighted by Gasteiger charge is 2.16. The van der Waals surface area contributed by atoms with Crippen molar-refractivity contribution in [3.8, 4) is 0 Å². The first kappa shape index (κ1) is 18.8. The van der Waals surface area contributed by atoms with E-state index in [9.17, 15) is 4.79 Å².